The number of ether oxygens (including phenoxy) is 2. The van der Waals surface area contributed by atoms with Gasteiger partial charge in [-0.2, -0.15) is 0 Å². The lowest BCUT2D eigenvalue weighted by atomic mass is 9.98. The number of esters is 2. The summed E-state index contributed by atoms with van der Waals surface area (Å²) in [4.78, 5) is 22.4. The van der Waals surface area contributed by atoms with Crippen LogP contribution in [-0.2, 0) is 14.3 Å². The number of hydrogen-bond donors (Lipinski definition) is 1. The number of benzene rings is 1. The predicted molar refractivity (Wildman–Crippen MR) is 86.0 cm³/mol. The molecule has 0 atom stereocenters. The lowest BCUT2D eigenvalue weighted by molar-refractivity contribution is -0.135. The molecular formula is C17H23NO4. The van der Waals surface area contributed by atoms with Gasteiger partial charge in [-0.1, -0.05) is 13.8 Å². The van der Waals surface area contributed by atoms with Gasteiger partial charge in [0, 0.05) is 24.4 Å². The molecule has 1 aromatic carbocycles. The third-order valence-electron chi connectivity index (χ3n) is 3.09. The molecule has 5 nitrogen and oxygen atoms in total. The standard InChI is InChI=1S/C17H23NO4/c1-10(2)14-9-16(22-13(5)19)11(3)7-15(14)18-12(4)8-17(20)21-6/h7-10,18H,1-6H3/b12-8-. The molecule has 0 aliphatic rings. The number of aryl methyl sites for hydroxylation is 1. The summed E-state index contributed by atoms with van der Waals surface area (Å²) in [5, 5.41) is 3.20. The monoisotopic (exact) mass is 305 g/mol. The van der Waals surface area contributed by atoms with Crippen LogP contribution in [0.3, 0.4) is 0 Å². The van der Waals surface area contributed by atoms with Crippen LogP contribution in [-0.4, -0.2) is 19.0 Å². The second kappa shape index (κ2) is 7.64. The van der Waals surface area contributed by atoms with Gasteiger partial charge in [-0.25, -0.2) is 4.79 Å². The molecule has 0 heterocycles. The molecule has 1 rings (SSSR count). The van der Waals surface area contributed by atoms with Crippen LogP contribution in [0.5, 0.6) is 5.75 Å². The quantitative estimate of drug-likeness (QED) is 0.512. The van der Waals surface area contributed by atoms with Gasteiger partial charge in [0.05, 0.1) is 7.11 Å². The lowest BCUT2D eigenvalue weighted by Gasteiger charge is -2.18. The topological polar surface area (TPSA) is 64.6 Å². The SMILES string of the molecule is COC(=O)/C=C(/C)Nc1cc(C)c(OC(C)=O)cc1C(C)C. The molecule has 0 amide bonds. The largest absolute Gasteiger partial charge is 0.466 e. The fourth-order valence-electron chi connectivity index (χ4n) is 2.04. The molecule has 0 radical (unpaired) electrons. The first-order chi connectivity index (χ1) is 10.2. The number of nitrogens with one attached hydrogen (secondary N) is 1. The van der Waals surface area contributed by atoms with E-state index in [-0.39, 0.29) is 11.9 Å². The molecule has 0 saturated carbocycles. The Bertz CT molecular complexity index is 603. The summed E-state index contributed by atoms with van der Waals surface area (Å²) in [6.45, 7) is 9.13. The van der Waals surface area contributed by atoms with Crippen molar-refractivity contribution in [3.63, 3.8) is 0 Å². The van der Waals surface area contributed by atoms with Crippen molar-refractivity contribution >= 4 is 17.6 Å². The van der Waals surface area contributed by atoms with Crippen molar-refractivity contribution in [3.05, 3.63) is 35.0 Å². The van der Waals surface area contributed by atoms with Crippen LogP contribution in [0.4, 0.5) is 5.69 Å². The minimum Gasteiger partial charge on any atom is -0.466 e. The highest BCUT2D eigenvalue weighted by Gasteiger charge is 2.13. The van der Waals surface area contributed by atoms with Gasteiger partial charge in [0.1, 0.15) is 5.75 Å². The Morgan fingerprint density at radius 1 is 1.23 bits per heavy atom. The Morgan fingerprint density at radius 3 is 2.36 bits per heavy atom. The number of allylic oxidation sites excluding steroid dienone is 1. The van der Waals surface area contributed by atoms with E-state index in [1.165, 1.54) is 20.1 Å². The van der Waals surface area contributed by atoms with E-state index < -0.39 is 5.97 Å². The summed E-state index contributed by atoms with van der Waals surface area (Å²) in [5.74, 6) is 0.0179. The second-order valence-corrected chi connectivity index (χ2v) is 5.43. The van der Waals surface area contributed by atoms with Crippen molar-refractivity contribution in [2.45, 2.75) is 40.5 Å². The molecule has 0 aliphatic carbocycles. The van der Waals surface area contributed by atoms with E-state index in [1.807, 2.05) is 32.9 Å². The molecule has 0 fully saturated rings. The minimum absolute atomic E-state index is 0.225. The summed E-state index contributed by atoms with van der Waals surface area (Å²) in [6, 6.07) is 3.76. The highest BCUT2D eigenvalue weighted by molar-refractivity contribution is 5.83. The van der Waals surface area contributed by atoms with Gasteiger partial charge in [-0.05, 0) is 43.0 Å². The highest BCUT2D eigenvalue weighted by atomic mass is 16.5. The molecule has 0 unspecified atom stereocenters. The first-order valence-electron chi connectivity index (χ1n) is 7.10. The van der Waals surface area contributed by atoms with Crippen molar-refractivity contribution in [3.8, 4) is 5.75 Å². The zero-order valence-corrected chi connectivity index (χ0v) is 13.9. The van der Waals surface area contributed by atoms with Gasteiger partial charge in [-0.15, -0.1) is 0 Å². The van der Waals surface area contributed by atoms with Crippen LogP contribution in [0.25, 0.3) is 0 Å². The molecule has 0 bridgehead atoms. The first kappa shape index (κ1) is 17.8. The van der Waals surface area contributed by atoms with Crippen LogP contribution in [0.1, 0.15) is 44.7 Å². The minimum atomic E-state index is -0.413. The van der Waals surface area contributed by atoms with Crippen LogP contribution < -0.4 is 10.1 Å². The Balaban J connectivity index is 3.19. The lowest BCUT2D eigenvalue weighted by Crippen LogP contribution is -2.08. The highest BCUT2D eigenvalue weighted by Crippen LogP contribution is 2.32. The molecule has 5 heteroatoms. The molecule has 0 saturated heterocycles. The van der Waals surface area contributed by atoms with Crippen LogP contribution in [0.15, 0.2) is 23.9 Å². The van der Waals surface area contributed by atoms with E-state index in [1.54, 1.807) is 6.92 Å². The number of anilines is 1. The smallest absolute Gasteiger partial charge is 0.332 e. The van der Waals surface area contributed by atoms with Gasteiger partial charge in [0.15, 0.2) is 0 Å². The van der Waals surface area contributed by atoms with Crippen LogP contribution >= 0.6 is 0 Å². The summed E-state index contributed by atoms with van der Waals surface area (Å²) in [7, 11) is 1.34. The van der Waals surface area contributed by atoms with Gasteiger partial charge >= 0.3 is 11.9 Å². The van der Waals surface area contributed by atoms with E-state index in [0.717, 1.165) is 16.8 Å². The number of rotatable bonds is 5. The van der Waals surface area contributed by atoms with Crippen molar-refractivity contribution < 1.29 is 19.1 Å². The zero-order valence-electron chi connectivity index (χ0n) is 13.9. The number of hydrogen-bond acceptors (Lipinski definition) is 5. The average molecular weight is 305 g/mol. The van der Waals surface area contributed by atoms with Crippen LogP contribution in [0, 0.1) is 6.92 Å². The van der Waals surface area contributed by atoms with E-state index in [0.29, 0.717) is 11.4 Å². The molecule has 0 aliphatic heterocycles. The second-order valence-electron chi connectivity index (χ2n) is 5.43. The van der Waals surface area contributed by atoms with E-state index in [9.17, 15) is 9.59 Å². The Labute approximate surface area is 131 Å². The molecule has 120 valence electrons. The fraction of sp³-hybridized carbons (Fsp3) is 0.412. The van der Waals surface area contributed by atoms with Crippen LogP contribution in [0.2, 0.25) is 0 Å². The first-order valence-corrected chi connectivity index (χ1v) is 7.10. The summed E-state index contributed by atoms with van der Waals surface area (Å²) >= 11 is 0. The maximum Gasteiger partial charge on any atom is 0.332 e. The summed E-state index contributed by atoms with van der Waals surface area (Å²) in [5.41, 5.74) is 3.39. The van der Waals surface area contributed by atoms with Gasteiger partial charge in [0.25, 0.3) is 0 Å². The summed E-state index contributed by atoms with van der Waals surface area (Å²) in [6.07, 6.45) is 1.39. The molecule has 1 aromatic rings. The Morgan fingerprint density at radius 2 is 1.86 bits per heavy atom. The van der Waals surface area contributed by atoms with Crippen molar-refractivity contribution in [2.75, 3.05) is 12.4 Å². The van der Waals surface area contributed by atoms with Gasteiger partial charge < -0.3 is 14.8 Å². The van der Waals surface area contributed by atoms with E-state index in [2.05, 4.69) is 10.1 Å². The third-order valence-corrected chi connectivity index (χ3v) is 3.09. The molecule has 1 N–H and O–H groups in total. The molecule has 0 spiro atoms. The van der Waals surface area contributed by atoms with Crippen molar-refractivity contribution in [1.82, 2.24) is 0 Å². The Kier molecular flexibility index (Phi) is 6.16. The number of carbonyl (C=O) groups excluding carboxylic acids is 2. The third kappa shape index (κ3) is 4.91. The summed E-state index contributed by atoms with van der Waals surface area (Å²) < 4.78 is 9.83. The molecular weight excluding hydrogens is 282 g/mol. The van der Waals surface area contributed by atoms with E-state index >= 15 is 0 Å². The fourth-order valence-corrected chi connectivity index (χ4v) is 2.04. The number of carbonyl (C=O) groups is 2. The van der Waals surface area contributed by atoms with Crippen molar-refractivity contribution in [2.24, 2.45) is 0 Å². The Hall–Kier alpha value is -2.30. The normalized spacial score (nSPS) is 11.3. The molecule has 22 heavy (non-hydrogen) atoms. The van der Waals surface area contributed by atoms with E-state index in [4.69, 9.17) is 4.74 Å². The maximum atomic E-state index is 11.3. The predicted octanol–water partition coefficient (Wildman–Crippen LogP) is 3.53. The van der Waals surface area contributed by atoms with Gasteiger partial charge in [-0.3, -0.25) is 4.79 Å². The number of methoxy groups -OCH3 is 1. The van der Waals surface area contributed by atoms with Gasteiger partial charge in [0.2, 0.25) is 0 Å². The van der Waals surface area contributed by atoms with Crippen molar-refractivity contribution in [1.29, 1.82) is 0 Å². The maximum absolute atomic E-state index is 11.3. The molecule has 0 aromatic heterocycles. The average Bonchev–Trinajstić information content (AvgIpc) is 2.40. The zero-order chi connectivity index (χ0) is 16.9.